The molecule has 0 saturated carbocycles. The van der Waals surface area contributed by atoms with Crippen molar-refractivity contribution in [3.63, 3.8) is 0 Å². The van der Waals surface area contributed by atoms with E-state index in [4.69, 9.17) is 9.97 Å². The highest BCUT2D eigenvalue weighted by Gasteiger charge is 2.32. The number of hydrogen-bond acceptors (Lipinski definition) is 2. The van der Waals surface area contributed by atoms with E-state index in [1.165, 1.54) is 55.8 Å². The van der Waals surface area contributed by atoms with Crippen LogP contribution < -0.4 is 0 Å². The molecule has 5 aromatic carbocycles. The molecule has 10 rings (SSSR count). The Bertz CT molecular complexity index is 2800. The lowest BCUT2D eigenvalue weighted by molar-refractivity contribution is 0.510. The smallest absolute Gasteiger partial charge is 0.164 e. The summed E-state index contributed by atoms with van der Waals surface area (Å²) in [4.78, 5) is 10.6. The maximum Gasteiger partial charge on any atom is 0.164 e. The molecule has 56 heavy (non-hydrogen) atoms. The quantitative estimate of drug-likeness (QED) is 0.171. The predicted octanol–water partition coefficient (Wildman–Crippen LogP) is 13.7. The summed E-state index contributed by atoms with van der Waals surface area (Å²) >= 11 is 0. The highest BCUT2D eigenvalue weighted by molar-refractivity contribution is 5.99. The molecule has 2 aromatic heterocycles. The van der Waals surface area contributed by atoms with Crippen LogP contribution in [0.2, 0.25) is 0 Å². The molecule has 2 heterocycles. The summed E-state index contributed by atoms with van der Waals surface area (Å²) in [6, 6.07) is 46.0. The van der Waals surface area contributed by atoms with Gasteiger partial charge in [-0.15, -0.1) is 0 Å². The van der Waals surface area contributed by atoms with Crippen LogP contribution in [-0.2, 0) is 0 Å². The van der Waals surface area contributed by atoms with Crippen molar-refractivity contribution in [2.24, 2.45) is 11.3 Å². The molecule has 3 nitrogen and oxygen atoms in total. The molecule has 3 aliphatic carbocycles. The predicted molar refractivity (Wildman–Crippen MR) is 235 cm³/mol. The van der Waals surface area contributed by atoms with Gasteiger partial charge < -0.3 is 0 Å². The first kappa shape index (κ1) is 34.2. The molecule has 0 fully saturated rings. The van der Waals surface area contributed by atoms with Crippen LogP contribution in [0.15, 0.2) is 175 Å². The number of benzene rings is 5. The summed E-state index contributed by atoms with van der Waals surface area (Å²) in [6.45, 7) is 7.11. The Morgan fingerprint density at radius 1 is 0.679 bits per heavy atom. The van der Waals surface area contributed by atoms with Crippen molar-refractivity contribution in [1.82, 2.24) is 14.5 Å². The average Bonchev–Trinajstić information content (AvgIpc) is 3.57. The topological polar surface area (TPSA) is 30.7 Å². The van der Waals surface area contributed by atoms with E-state index in [9.17, 15) is 0 Å². The molecular weight excluding hydrogens is 679 g/mol. The monoisotopic (exact) mass is 723 g/mol. The zero-order valence-corrected chi connectivity index (χ0v) is 32.2. The van der Waals surface area contributed by atoms with Crippen molar-refractivity contribution in [3.8, 4) is 27.9 Å². The minimum atomic E-state index is -0.00992. The van der Waals surface area contributed by atoms with Gasteiger partial charge in [-0.05, 0) is 106 Å². The third kappa shape index (κ3) is 5.99. The molecule has 0 saturated heterocycles. The normalized spacial score (nSPS) is 21.6. The number of fused-ring (bicyclic) bond motifs is 4. The minimum absolute atomic E-state index is 0.00992. The summed E-state index contributed by atoms with van der Waals surface area (Å²) in [6.07, 6.45) is 20.8. The van der Waals surface area contributed by atoms with Crippen LogP contribution in [0.3, 0.4) is 0 Å². The maximum atomic E-state index is 5.31. The van der Waals surface area contributed by atoms with Gasteiger partial charge in [-0.3, -0.25) is 4.57 Å². The fourth-order valence-electron chi connectivity index (χ4n) is 9.21. The van der Waals surface area contributed by atoms with Gasteiger partial charge in [-0.1, -0.05) is 154 Å². The van der Waals surface area contributed by atoms with Crippen LogP contribution in [0.4, 0.5) is 0 Å². The van der Waals surface area contributed by atoms with Gasteiger partial charge in [-0.2, -0.15) is 0 Å². The van der Waals surface area contributed by atoms with Crippen LogP contribution in [-0.4, -0.2) is 14.5 Å². The fraction of sp³-hybridized carbons (Fsp3) is 0.170. The first-order valence-corrected chi connectivity index (χ1v) is 20.0. The second kappa shape index (κ2) is 13.8. The molecule has 0 N–H and O–H groups in total. The molecular formula is C53H45N3. The first-order chi connectivity index (χ1) is 27.4. The van der Waals surface area contributed by atoms with Gasteiger partial charge in [0.05, 0.1) is 11.0 Å². The van der Waals surface area contributed by atoms with Gasteiger partial charge in [-0.25, -0.2) is 9.97 Å². The van der Waals surface area contributed by atoms with E-state index in [1.54, 1.807) is 0 Å². The third-order valence-electron chi connectivity index (χ3n) is 12.3. The Hall–Kier alpha value is -6.32. The largest absolute Gasteiger partial charge is 0.296 e. The lowest BCUT2D eigenvalue weighted by Gasteiger charge is -2.34. The lowest BCUT2D eigenvalue weighted by atomic mass is 9.71. The highest BCUT2D eigenvalue weighted by Crippen LogP contribution is 2.47. The maximum absolute atomic E-state index is 5.31. The van der Waals surface area contributed by atoms with Crippen molar-refractivity contribution >= 4 is 33.8 Å². The van der Waals surface area contributed by atoms with Crippen LogP contribution >= 0.6 is 0 Å². The number of aromatic nitrogens is 3. The second-order valence-electron chi connectivity index (χ2n) is 16.2. The van der Waals surface area contributed by atoms with Gasteiger partial charge in [0.15, 0.2) is 5.65 Å². The van der Waals surface area contributed by atoms with E-state index in [0.29, 0.717) is 5.92 Å². The number of allylic oxidation sites excluding steroid dienone is 9. The number of rotatable bonds is 6. The van der Waals surface area contributed by atoms with Crippen LogP contribution in [0.5, 0.6) is 0 Å². The third-order valence-corrected chi connectivity index (χ3v) is 12.3. The van der Waals surface area contributed by atoms with Gasteiger partial charge in [0, 0.05) is 34.2 Å². The van der Waals surface area contributed by atoms with Crippen molar-refractivity contribution in [2.45, 2.75) is 45.4 Å². The van der Waals surface area contributed by atoms with E-state index in [1.807, 2.05) is 6.07 Å². The summed E-state index contributed by atoms with van der Waals surface area (Å²) in [5.41, 5.74) is 17.6. The molecule has 4 atom stereocenters. The average molecular weight is 724 g/mol. The van der Waals surface area contributed by atoms with Gasteiger partial charge >= 0.3 is 0 Å². The molecule has 3 aliphatic rings. The summed E-state index contributed by atoms with van der Waals surface area (Å²) < 4.78 is 2.36. The van der Waals surface area contributed by atoms with E-state index in [-0.39, 0.29) is 17.3 Å². The molecule has 0 spiro atoms. The molecule has 0 bridgehead atoms. The highest BCUT2D eigenvalue weighted by atomic mass is 15.1. The molecule has 3 heteroatoms. The SMILES string of the molecule is CC1CC(c2cc(-c3cccc(-c4ccccc4)c3)cc(C3C=C(C4(C)C=CC=CC4)C=CC3C)c2)=Cc2c1n(-c1ccccc1)c1nc3ccccc3nc21. The van der Waals surface area contributed by atoms with Crippen molar-refractivity contribution in [3.05, 3.63) is 198 Å². The van der Waals surface area contributed by atoms with Crippen LogP contribution in [0, 0.1) is 11.3 Å². The summed E-state index contributed by atoms with van der Waals surface area (Å²) in [7, 11) is 0. The molecule has 272 valence electrons. The molecule has 0 radical (unpaired) electrons. The second-order valence-corrected chi connectivity index (χ2v) is 16.2. The lowest BCUT2D eigenvalue weighted by Crippen LogP contribution is -2.20. The fourth-order valence-corrected chi connectivity index (χ4v) is 9.21. The molecule has 4 unspecified atom stereocenters. The van der Waals surface area contributed by atoms with Gasteiger partial charge in [0.25, 0.3) is 0 Å². The minimum Gasteiger partial charge on any atom is -0.296 e. The van der Waals surface area contributed by atoms with Crippen molar-refractivity contribution in [2.75, 3.05) is 0 Å². The van der Waals surface area contributed by atoms with E-state index in [2.05, 4.69) is 195 Å². The molecule has 0 aliphatic heterocycles. The zero-order valence-electron chi connectivity index (χ0n) is 32.2. The Morgan fingerprint density at radius 2 is 1.36 bits per heavy atom. The van der Waals surface area contributed by atoms with Crippen LogP contribution in [0.1, 0.15) is 67.8 Å². The molecule has 0 amide bonds. The standard InChI is InChI=1S/C53H45N3/c1-35-24-25-44(53(3)26-13-6-14-27-53)34-46(35)43-31-41(39-19-15-18-38(29-39)37-16-7-4-8-17-37)30-42(32-43)40-28-36(2)51-47(33-40)50-52(56(51)45-20-9-5-10-21-45)55-49-23-12-11-22-48(49)54-50/h4-26,29-36,46H,27-28H2,1-3H3. The van der Waals surface area contributed by atoms with E-state index < -0.39 is 0 Å². The Kier molecular flexibility index (Phi) is 8.40. The molecule has 7 aromatic rings. The van der Waals surface area contributed by atoms with Gasteiger partial charge in [0.2, 0.25) is 0 Å². The number of para-hydroxylation sites is 3. The summed E-state index contributed by atoms with van der Waals surface area (Å²) in [5, 5.41) is 0. The zero-order chi connectivity index (χ0) is 37.8. The summed E-state index contributed by atoms with van der Waals surface area (Å²) in [5.74, 6) is 0.853. The van der Waals surface area contributed by atoms with Gasteiger partial charge in [0.1, 0.15) is 5.52 Å². The number of nitrogens with zero attached hydrogens (tertiary/aromatic N) is 3. The van der Waals surface area contributed by atoms with Crippen LogP contribution in [0.25, 0.3) is 61.8 Å². The van der Waals surface area contributed by atoms with Crippen molar-refractivity contribution in [1.29, 1.82) is 0 Å². The van der Waals surface area contributed by atoms with Crippen molar-refractivity contribution < 1.29 is 0 Å². The first-order valence-electron chi connectivity index (χ1n) is 20.0. The Balaban J connectivity index is 1.17. The van der Waals surface area contributed by atoms with E-state index in [0.717, 1.165) is 40.7 Å². The Morgan fingerprint density at radius 3 is 2.12 bits per heavy atom. The number of hydrogen-bond donors (Lipinski definition) is 0. The Labute approximate surface area is 329 Å². The van der Waals surface area contributed by atoms with E-state index >= 15 is 0 Å².